The molecule has 0 unspecified atom stereocenters. The first kappa shape index (κ1) is 28.8. The quantitative estimate of drug-likeness (QED) is 0.271. The Bertz CT molecular complexity index is 1330. The van der Waals surface area contributed by atoms with Crippen molar-refractivity contribution < 1.29 is 18.0 Å². The minimum atomic E-state index is -3.52. The zero-order valence-corrected chi connectivity index (χ0v) is 22.3. The van der Waals surface area contributed by atoms with Gasteiger partial charge >= 0.3 is 0 Å². The molecule has 0 heterocycles. The van der Waals surface area contributed by atoms with Crippen LogP contribution in [0.5, 0.6) is 0 Å². The van der Waals surface area contributed by atoms with Crippen LogP contribution in [0.4, 0.5) is 0 Å². The van der Waals surface area contributed by atoms with Gasteiger partial charge in [-0.05, 0) is 73.9 Å². The number of hydrogen-bond donors (Lipinski definition) is 0. The van der Waals surface area contributed by atoms with Crippen LogP contribution in [0.2, 0.25) is 0 Å². The highest BCUT2D eigenvalue weighted by molar-refractivity contribution is 7.99. The Balaban J connectivity index is 0.00000109. The molecule has 6 heteroatoms. The summed E-state index contributed by atoms with van der Waals surface area (Å²) in [7, 11) is -3.52. The van der Waals surface area contributed by atoms with Crippen molar-refractivity contribution >= 4 is 35.2 Å². The molecule has 0 N–H and O–H groups in total. The van der Waals surface area contributed by atoms with Crippen molar-refractivity contribution in [3.63, 3.8) is 0 Å². The molecule has 0 aliphatic rings. The second-order valence-corrected chi connectivity index (χ2v) is 12.0. The second kappa shape index (κ2) is 13.0. The summed E-state index contributed by atoms with van der Waals surface area (Å²) in [4.78, 5) is 18.6. The molecule has 0 aliphatic carbocycles. The molecule has 0 spiro atoms. The van der Waals surface area contributed by atoms with Gasteiger partial charge in [0.1, 0.15) is 13.6 Å². The maximum absolute atomic E-state index is 13.3. The number of sulfone groups is 1. The summed E-state index contributed by atoms with van der Waals surface area (Å²) >= 11 is 1.67. The molecule has 4 aromatic carbocycles. The van der Waals surface area contributed by atoms with E-state index in [0.29, 0.717) is 4.90 Å². The minimum absolute atomic E-state index is 0.352. The lowest BCUT2D eigenvalue weighted by atomic mass is 10.0. The van der Waals surface area contributed by atoms with Crippen LogP contribution >= 0.6 is 11.8 Å². The Morgan fingerprint density at radius 2 is 1.06 bits per heavy atom. The highest BCUT2D eigenvalue weighted by atomic mass is 32.2. The van der Waals surface area contributed by atoms with Gasteiger partial charge in [-0.3, -0.25) is 0 Å². The largest absolute Gasteiger partial charge is 0.307 e. The molecule has 0 saturated heterocycles. The van der Waals surface area contributed by atoms with Crippen molar-refractivity contribution in [1.82, 2.24) is 0 Å². The predicted molar refractivity (Wildman–Crippen MR) is 148 cm³/mol. The van der Waals surface area contributed by atoms with Crippen LogP contribution in [0.1, 0.15) is 25.0 Å². The summed E-state index contributed by atoms with van der Waals surface area (Å²) in [6.07, 6.45) is 0. The molecule has 4 nitrogen and oxygen atoms in total. The van der Waals surface area contributed by atoms with Gasteiger partial charge in [0.25, 0.3) is 0 Å². The van der Waals surface area contributed by atoms with E-state index in [2.05, 4.69) is 36.4 Å². The summed E-state index contributed by atoms with van der Waals surface area (Å²) in [6, 6.07) is 33.7. The van der Waals surface area contributed by atoms with E-state index in [0.717, 1.165) is 20.9 Å². The van der Waals surface area contributed by atoms with E-state index in [9.17, 15) is 8.42 Å². The van der Waals surface area contributed by atoms with Gasteiger partial charge in [0.15, 0.2) is 9.84 Å². The monoisotopic (exact) mass is 518 g/mol. The molecule has 186 valence electrons. The first-order valence-electron chi connectivity index (χ1n) is 11.1. The molecule has 4 aromatic rings. The molecule has 0 bridgehead atoms. The summed E-state index contributed by atoms with van der Waals surface area (Å²) in [6.45, 7) is 9.49. The Kier molecular flexibility index (Phi) is 10.4. The first-order chi connectivity index (χ1) is 17.3. The fourth-order valence-corrected chi connectivity index (χ4v) is 5.92. The maximum Gasteiger partial charge on any atom is 0.187 e. The second-order valence-electron chi connectivity index (χ2n) is 8.34. The van der Waals surface area contributed by atoms with E-state index < -0.39 is 14.6 Å². The van der Waals surface area contributed by atoms with Crippen molar-refractivity contribution in [3.05, 3.63) is 114 Å². The lowest BCUT2D eigenvalue weighted by Gasteiger charge is -2.26. The zero-order chi connectivity index (χ0) is 26.8. The third kappa shape index (κ3) is 6.59. The molecule has 0 aliphatic heterocycles. The molecule has 0 fully saturated rings. The van der Waals surface area contributed by atoms with Gasteiger partial charge in [-0.25, -0.2) is 8.42 Å². The SMILES string of the molecule is C=O.C=O.Cc1ccc(S(=O)(=O)C(C)(C)c2ccc(Sc3ccc(-c4ccccc4)cc3)cc2)cc1. The van der Waals surface area contributed by atoms with Gasteiger partial charge in [-0.2, -0.15) is 0 Å². The van der Waals surface area contributed by atoms with E-state index in [1.165, 1.54) is 11.1 Å². The van der Waals surface area contributed by atoms with Gasteiger partial charge in [0.05, 0.1) is 9.64 Å². The van der Waals surface area contributed by atoms with E-state index in [1.807, 2.05) is 75.1 Å². The predicted octanol–water partition coefficient (Wildman–Crippen LogP) is 7.15. The summed E-state index contributed by atoms with van der Waals surface area (Å²) < 4.78 is 25.5. The van der Waals surface area contributed by atoms with Crippen LogP contribution in [-0.2, 0) is 24.2 Å². The molecule has 36 heavy (non-hydrogen) atoms. The van der Waals surface area contributed by atoms with Gasteiger partial charge in [0.2, 0.25) is 0 Å². The number of benzene rings is 4. The Morgan fingerprint density at radius 3 is 1.56 bits per heavy atom. The van der Waals surface area contributed by atoms with E-state index >= 15 is 0 Å². The fourth-order valence-electron chi connectivity index (χ4n) is 3.57. The standard InChI is InChI=1S/C28H26O2S2.2CH2O/c1-21-9-19-27(20-10-21)32(29,30)28(2,3)24-13-17-26(18-14-24)31-25-15-11-23(12-16-25)22-7-5-4-6-8-22;2*1-2/h4-20H,1-3H3;2*1H2. The average Bonchev–Trinajstić information content (AvgIpc) is 2.92. The third-order valence-corrected chi connectivity index (χ3v) is 9.24. The van der Waals surface area contributed by atoms with Crippen molar-refractivity contribution in [3.8, 4) is 11.1 Å². The van der Waals surface area contributed by atoms with Gasteiger partial charge in [-0.1, -0.05) is 84.1 Å². The lowest BCUT2D eigenvalue weighted by Crippen LogP contribution is -2.29. The highest BCUT2D eigenvalue weighted by Crippen LogP contribution is 2.37. The number of carbonyl (C=O) groups is 2. The number of carbonyl (C=O) groups excluding carboxylic acids is 2. The third-order valence-electron chi connectivity index (χ3n) is 5.75. The van der Waals surface area contributed by atoms with Crippen molar-refractivity contribution in [2.24, 2.45) is 0 Å². The van der Waals surface area contributed by atoms with Crippen LogP contribution in [-0.4, -0.2) is 22.0 Å². The average molecular weight is 519 g/mol. The smallest absolute Gasteiger partial charge is 0.187 e. The molecule has 0 atom stereocenters. The van der Waals surface area contributed by atoms with E-state index in [4.69, 9.17) is 9.59 Å². The van der Waals surface area contributed by atoms with Crippen molar-refractivity contribution in [1.29, 1.82) is 0 Å². The topological polar surface area (TPSA) is 68.3 Å². The number of rotatable bonds is 6. The minimum Gasteiger partial charge on any atom is -0.307 e. The Labute approximate surface area is 218 Å². The van der Waals surface area contributed by atoms with Gasteiger partial charge < -0.3 is 9.59 Å². The lowest BCUT2D eigenvalue weighted by molar-refractivity contribution is -0.0987. The number of hydrogen-bond acceptors (Lipinski definition) is 5. The number of aryl methyl sites for hydroxylation is 1. The van der Waals surface area contributed by atoms with Crippen molar-refractivity contribution in [2.45, 2.75) is 40.2 Å². The molecule has 0 saturated carbocycles. The van der Waals surface area contributed by atoms with Crippen LogP contribution in [0.15, 0.2) is 118 Å². The van der Waals surface area contributed by atoms with E-state index in [1.54, 1.807) is 37.7 Å². The maximum atomic E-state index is 13.3. The normalized spacial score (nSPS) is 10.9. The molecule has 0 amide bonds. The van der Waals surface area contributed by atoms with E-state index in [-0.39, 0.29) is 0 Å². The van der Waals surface area contributed by atoms with Crippen LogP contribution < -0.4 is 0 Å². The Morgan fingerprint density at radius 1 is 0.611 bits per heavy atom. The molecule has 0 radical (unpaired) electrons. The van der Waals surface area contributed by atoms with Crippen molar-refractivity contribution in [2.75, 3.05) is 0 Å². The summed E-state index contributed by atoms with van der Waals surface area (Å²) in [5, 5.41) is 0. The Hall–Kier alpha value is -3.48. The molecular weight excluding hydrogens is 488 g/mol. The van der Waals surface area contributed by atoms with Gasteiger partial charge in [-0.15, -0.1) is 0 Å². The summed E-state index contributed by atoms with van der Waals surface area (Å²) in [5.41, 5.74) is 4.21. The molecular formula is C30H30O4S2. The zero-order valence-electron chi connectivity index (χ0n) is 20.7. The fraction of sp³-hybridized carbons (Fsp3) is 0.133. The summed E-state index contributed by atoms with van der Waals surface area (Å²) in [5.74, 6) is 0. The first-order valence-corrected chi connectivity index (χ1v) is 13.4. The molecule has 0 aromatic heterocycles. The van der Waals surface area contributed by atoms with Crippen LogP contribution in [0, 0.1) is 6.92 Å². The van der Waals surface area contributed by atoms with Crippen LogP contribution in [0.3, 0.4) is 0 Å². The van der Waals surface area contributed by atoms with Crippen LogP contribution in [0.25, 0.3) is 11.1 Å². The highest BCUT2D eigenvalue weighted by Gasteiger charge is 2.37. The van der Waals surface area contributed by atoms with Gasteiger partial charge in [0, 0.05) is 9.79 Å². The molecule has 4 rings (SSSR count).